The molecule has 0 spiro atoms. The molecule has 2 aliphatic rings. The zero-order valence-corrected chi connectivity index (χ0v) is 17.3. The van der Waals surface area contributed by atoms with Gasteiger partial charge in [-0.1, -0.05) is 31.0 Å². The van der Waals surface area contributed by atoms with Crippen LogP contribution in [0.15, 0.2) is 35.4 Å². The second-order valence-electron chi connectivity index (χ2n) is 8.03. The SMILES string of the molecule is O=C(CS(=O)(=O)c1cn(CC(=O)N2CCCC2)c2ccccc12)NC1CCCC1. The Hall–Kier alpha value is -2.35. The van der Waals surface area contributed by atoms with E-state index in [2.05, 4.69) is 5.32 Å². The zero-order chi connectivity index (χ0) is 20.4. The van der Waals surface area contributed by atoms with Crippen LogP contribution in [-0.4, -0.2) is 54.6 Å². The van der Waals surface area contributed by atoms with Gasteiger partial charge < -0.3 is 14.8 Å². The number of hydrogen-bond acceptors (Lipinski definition) is 4. The first-order chi connectivity index (χ1) is 13.9. The minimum absolute atomic E-state index is 0.00817. The number of benzene rings is 1. The van der Waals surface area contributed by atoms with Crippen molar-refractivity contribution in [3.63, 3.8) is 0 Å². The normalized spacial score (nSPS) is 17.9. The van der Waals surface area contributed by atoms with Crippen LogP contribution in [-0.2, 0) is 26.0 Å². The van der Waals surface area contributed by atoms with E-state index in [1.165, 1.54) is 6.20 Å². The number of aromatic nitrogens is 1. The molecular formula is C21H27N3O4S. The summed E-state index contributed by atoms with van der Waals surface area (Å²) in [5.74, 6) is -1.04. The number of carbonyl (C=O) groups excluding carboxylic acids is 2. The quantitative estimate of drug-likeness (QED) is 0.780. The fourth-order valence-corrected chi connectivity index (χ4v) is 5.77. The number of fused-ring (bicyclic) bond motifs is 1. The Morgan fingerprint density at radius 3 is 2.45 bits per heavy atom. The van der Waals surface area contributed by atoms with Crippen molar-refractivity contribution in [3.8, 4) is 0 Å². The predicted molar refractivity (Wildman–Crippen MR) is 110 cm³/mol. The average molecular weight is 418 g/mol. The third kappa shape index (κ3) is 4.32. The summed E-state index contributed by atoms with van der Waals surface area (Å²) in [6.07, 6.45) is 7.47. The number of likely N-dealkylation sites (tertiary alicyclic amines) is 1. The van der Waals surface area contributed by atoms with Crippen molar-refractivity contribution >= 4 is 32.6 Å². The molecular weight excluding hydrogens is 390 g/mol. The molecule has 0 unspecified atom stereocenters. The summed E-state index contributed by atoms with van der Waals surface area (Å²) in [6, 6.07) is 7.21. The van der Waals surface area contributed by atoms with Gasteiger partial charge in [0.15, 0.2) is 9.84 Å². The van der Waals surface area contributed by atoms with Crippen LogP contribution in [0.25, 0.3) is 10.9 Å². The average Bonchev–Trinajstić information content (AvgIpc) is 3.42. The molecule has 2 amide bonds. The molecule has 0 bridgehead atoms. The van der Waals surface area contributed by atoms with Crippen LogP contribution in [0.1, 0.15) is 38.5 Å². The lowest BCUT2D eigenvalue weighted by molar-refractivity contribution is -0.130. The smallest absolute Gasteiger partial charge is 0.242 e. The number of amides is 2. The van der Waals surface area contributed by atoms with Crippen molar-refractivity contribution in [1.82, 2.24) is 14.8 Å². The summed E-state index contributed by atoms with van der Waals surface area (Å²) in [5, 5.41) is 3.39. The van der Waals surface area contributed by atoms with Crippen LogP contribution in [0.5, 0.6) is 0 Å². The second-order valence-corrected chi connectivity index (χ2v) is 9.99. The highest BCUT2D eigenvalue weighted by atomic mass is 32.2. The molecule has 2 heterocycles. The minimum atomic E-state index is -3.82. The largest absolute Gasteiger partial charge is 0.352 e. The zero-order valence-electron chi connectivity index (χ0n) is 16.5. The van der Waals surface area contributed by atoms with E-state index in [9.17, 15) is 18.0 Å². The molecule has 7 nitrogen and oxygen atoms in total. The standard InChI is InChI=1S/C21H27N3O4S/c25-20(22-16-7-1-2-8-16)15-29(27,28)19-13-24(18-10-4-3-9-17(18)19)14-21(26)23-11-5-6-12-23/h3-4,9-10,13,16H,1-2,5-8,11-12,14-15H2,(H,22,25). The molecule has 1 saturated carbocycles. The van der Waals surface area contributed by atoms with E-state index >= 15 is 0 Å². The summed E-state index contributed by atoms with van der Waals surface area (Å²) in [5.41, 5.74) is 0.690. The van der Waals surface area contributed by atoms with E-state index in [1.807, 2.05) is 17.0 Å². The van der Waals surface area contributed by atoms with Crippen LogP contribution >= 0.6 is 0 Å². The molecule has 8 heteroatoms. The first-order valence-electron chi connectivity index (χ1n) is 10.3. The molecule has 29 heavy (non-hydrogen) atoms. The summed E-state index contributed by atoms with van der Waals surface area (Å²) in [7, 11) is -3.82. The number of nitrogens with zero attached hydrogens (tertiary/aromatic N) is 2. The van der Waals surface area contributed by atoms with Crippen LogP contribution < -0.4 is 5.32 Å². The highest BCUT2D eigenvalue weighted by Crippen LogP contribution is 2.27. The Bertz CT molecular complexity index is 1020. The van der Waals surface area contributed by atoms with Crippen molar-refractivity contribution in [3.05, 3.63) is 30.5 Å². The number of hydrogen-bond donors (Lipinski definition) is 1. The van der Waals surface area contributed by atoms with E-state index in [-0.39, 0.29) is 23.4 Å². The van der Waals surface area contributed by atoms with Crippen molar-refractivity contribution < 1.29 is 18.0 Å². The lowest BCUT2D eigenvalue weighted by Gasteiger charge is -2.16. The van der Waals surface area contributed by atoms with E-state index in [0.29, 0.717) is 10.9 Å². The van der Waals surface area contributed by atoms with Gasteiger partial charge in [-0.05, 0) is 31.7 Å². The maximum atomic E-state index is 13.0. The van der Waals surface area contributed by atoms with Gasteiger partial charge in [-0.3, -0.25) is 9.59 Å². The van der Waals surface area contributed by atoms with Gasteiger partial charge in [0.25, 0.3) is 0 Å². The molecule has 2 fully saturated rings. The molecule has 0 atom stereocenters. The Balaban J connectivity index is 1.57. The third-order valence-electron chi connectivity index (χ3n) is 5.89. The molecule has 4 rings (SSSR count). The van der Waals surface area contributed by atoms with Crippen LogP contribution in [0.4, 0.5) is 0 Å². The molecule has 156 valence electrons. The maximum absolute atomic E-state index is 13.0. The molecule has 2 aromatic rings. The molecule has 1 aliphatic heterocycles. The van der Waals surface area contributed by atoms with Gasteiger partial charge in [-0.25, -0.2) is 8.42 Å². The Labute approximate surface area is 171 Å². The summed E-state index contributed by atoms with van der Waals surface area (Å²) < 4.78 is 27.7. The number of nitrogens with one attached hydrogen (secondary N) is 1. The Morgan fingerprint density at radius 1 is 1.03 bits per heavy atom. The highest BCUT2D eigenvalue weighted by molar-refractivity contribution is 7.92. The van der Waals surface area contributed by atoms with Gasteiger partial charge in [0.2, 0.25) is 11.8 Å². The highest BCUT2D eigenvalue weighted by Gasteiger charge is 2.27. The van der Waals surface area contributed by atoms with Gasteiger partial charge in [0, 0.05) is 36.2 Å². The Morgan fingerprint density at radius 2 is 1.72 bits per heavy atom. The lowest BCUT2D eigenvalue weighted by Crippen LogP contribution is -2.36. The minimum Gasteiger partial charge on any atom is -0.352 e. The van der Waals surface area contributed by atoms with E-state index in [4.69, 9.17) is 0 Å². The number of para-hydroxylation sites is 1. The van der Waals surface area contributed by atoms with Crippen LogP contribution in [0, 0.1) is 0 Å². The molecule has 1 N–H and O–H groups in total. The van der Waals surface area contributed by atoms with Gasteiger partial charge >= 0.3 is 0 Å². The Kier molecular flexibility index (Phi) is 5.63. The number of rotatable bonds is 6. The third-order valence-corrected chi connectivity index (χ3v) is 7.53. The van der Waals surface area contributed by atoms with Crippen molar-refractivity contribution in [2.75, 3.05) is 18.8 Å². The fraction of sp³-hybridized carbons (Fsp3) is 0.524. The maximum Gasteiger partial charge on any atom is 0.242 e. The molecule has 1 aromatic heterocycles. The molecule has 1 aromatic carbocycles. The fourth-order valence-electron chi connectivity index (χ4n) is 4.39. The van der Waals surface area contributed by atoms with E-state index < -0.39 is 21.5 Å². The molecule has 1 aliphatic carbocycles. The van der Waals surface area contributed by atoms with E-state index in [0.717, 1.165) is 51.6 Å². The van der Waals surface area contributed by atoms with Crippen molar-refractivity contribution in [2.24, 2.45) is 0 Å². The topological polar surface area (TPSA) is 88.5 Å². The lowest BCUT2D eigenvalue weighted by atomic mass is 10.2. The second kappa shape index (κ2) is 8.18. The molecule has 0 radical (unpaired) electrons. The number of sulfone groups is 1. The van der Waals surface area contributed by atoms with Gasteiger partial charge in [-0.2, -0.15) is 0 Å². The number of carbonyl (C=O) groups is 2. The first kappa shape index (κ1) is 19.9. The van der Waals surface area contributed by atoms with Gasteiger partial charge in [-0.15, -0.1) is 0 Å². The first-order valence-corrected chi connectivity index (χ1v) is 12.0. The predicted octanol–water partition coefficient (Wildman–Crippen LogP) is 2.10. The van der Waals surface area contributed by atoms with Crippen molar-refractivity contribution in [2.45, 2.75) is 56.0 Å². The van der Waals surface area contributed by atoms with Crippen LogP contribution in [0.2, 0.25) is 0 Å². The summed E-state index contributed by atoms with van der Waals surface area (Å²) in [4.78, 5) is 26.8. The van der Waals surface area contributed by atoms with Gasteiger partial charge in [0.05, 0.1) is 4.90 Å². The monoisotopic (exact) mass is 417 g/mol. The van der Waals surface area contributed by atoms with Crippen molar-refractivity contribution in [1.29, 1.82) is 0 Å². The molecule has 1 saturated heterocycles. The van der Waals surface area contributed by atoms with E-state index in [1.54, 1.807) is 16.7 Å². The summed E-state index contributed by atoms with van der Waals surface area (Å²) >= 11 is 0. The van der Waals surface area contributed by atoms with Crippen LogP contribution in [0.3, 0.4) is 0 Å². The van der Waals surface area contributed by atoms with Gasteiger partial charge in [0.1, 0.15) is 12.3 Å². The summed E-state index contributed by atoms with van der Waals surface area (Å²) in [6.45, 7) is 1.61.